The number of rotatable bonds is 1. The Morgan fingerprint density at radius 2 is 2.08 bits per heavy atom. The zero-order valence-electron chi connectivity index (χ0n) is 7.79. The summed E-state index contributed by atoms with van der Waals surface area (Å²) in [7, 11) is 0. The fraction of sp³-hybridized carbons (Fsp3) is 0.700. The fourth-order valence-corrected chi connectivity index (χ4v) is 3.38. The van der Waals surface area contributed by atoms with Gasteiger partial charge in [-0.2, -0.15) is 0 Å². The highest BCUT2D eigenvalue weighted by molar-refractivity contribution is 9.11. The molecule has 1 fully saturated rings. The molecular formula is C10H14BrNS. The lowest BCUT2D eigenvalue weighted by Gasteiger charge is -2.24. The second kappa shape index (κ2) is 4.09. The molecule has 0 N–H and O–H groups in total. The monoisotopic (exact) mass is 259 g/mol. The molecule has 1 saturated carbocycles. The van der Waals surface area contributed by atoms with Crippen LogP contribution in [0.5, 0.6) is 0 Å². The molecule has 0 saturated heterocycles. The van der Waals surface area contributed by atoms with Gasteiger partial charge in [0.15, 0.2) is 0 Å². The molecule has 0 aliphatic heterocycles. The lowest BCUT2D eigenvalue weighted by molar-refractivity contribution is 0.347. The lowest BCUT2D eigenvalue weighted by atomic mass is 9.83. The van der Waals surface area contributed by atoms with Crippen LogP contribution < -0.4 is 0 Å². The van der Waals surface area contributed by atoms with E-state index < -0.39 is 0 Å². The zero-order chi connectivity index (χ0) is 9.26. The third-order valence-electron chi connectivity index (χ3n) is 2.86. The topological polar surface area (TPSA) is 12.9 Å². The Labute approximate surface area is 91.7 Å². The predicted molar refractivity (Wildman–Crippen MR) is 60.2 cm³/mol. The van der Waals surface area contributed by atoms with Gasteiger partial charge < -0.3 is 0 Å². The summed E-state index contributed by atoms with van der Waals surface area (Å²) >= 11 is 5.27. The van der Waals surface area contributed by atoms with Crippen molar-refractivity contribution in [2.24, 2.45) is 5.92 Å². The predicted octanol–water partition coefficient (Wildman–Crippen LogP) is 4.20. The standard InChI is InChI=1S/C10H14BrNS/c1-7-2-4-8(5-3-7)10-12-6-9(11)13-10/h6-8H,2-5H2,1H3/t7-,8-. The molecule has 0 unspecified atom stereocenters. The maximum Gasteiger partial charge on any atom is 0.0967 e. The Balaban J connectivity index is 2.02. The van der Waals surface area contributed by atoms with Crippen molar-refractivity contribution in [1.82, 2.24) is 4.98 Å². The van der Waals surface area contributed by atoms with Gasteiger partial charge in [-0.1, -0.05) is 19.8 Å². The summed E-state index contributed by atoms with van der Waals surface area (Å²) in [6, 6.07) is 0. The molecule has 2 rings (SSSR count). The second-order valence-corrected chi connectivity index (χ2v) is 6.40. The minimum Gasteiger partial charge on any atom is -0.248 e. The van der Waals surface area contributed by atoms with Crippen LogP contribution >= 0.6 is 27.3 Å². The van der Waals surface area contributed by atoms with Crippen molar-refractivity contribution in [2.75, 3.05) is 0 Å². The van der Waals surface area contributed by atoms with E-state index in [4.69, 9.17) is 0 Å². The number of nitrogens with zero attached hydrogens (tertiary/aromatic N) is 1. The molecule has 1 aromatic heterocycles. The Morgan fingerprint density at radius 1 is 1.38 bits per heavy atom. The lowest BCUT2D eigenvalue weighted by Crippen LogP contribution is -2.10. The number of thiazole rings is 1. The van der Waals surface area contributed by atoms with E-state index in [0.717, 1.165) is 11.8 Å². The largest absolute Gasteiger partial charge is 0.248 e. The van der Waals surface area contributed by atoms with E-state index in [1.54, 1.807) is 11.3 Å². The molecule has 0 amide bonds. The summed E-state index contributed by atoms with van der Waals surface area (Å²) in [5.41, 5.74) is 0. The van der Waals surface area contributed by atoms with E-state index in [0.29, 0.717) is 0 Å². The first-order valence-corrected chi connectivity index (χ1v) is 6.48. The molecule has 0 radical (unpaired) electrons. The smallest absolute Gasteiger partial charge is 0.0967 e. The average molecular weight is 260 g/mol. The molecule has 0 atom stereocenters. The number of halogens is 1. The van der Waals surface area contributed by atoms with Crippen molar-refractivity contribution in [3.63, 3.8) is 0 Å². The number of hydrogen-bond acceptors (Lipinski definition) is 2. The fourth-order valence-electron chi connectivity index (χ4n) is 1.96. The average Bonchev–Trinajstić information content (AvgIpc) is 2.53. The highest BCUT2D eigenvalue weighted by atomic mass is 79.9. The van der Waals surface area contributed by atoms with Crippen LogP contribution in [0.4, 0.5) is 0 Å². The Bertz CT molecular complexity index is 276. The van der Waals surface area contributed by atoms with Gasteiger partial charge in [0.1, 0.15) is 0 Å². The van der Waals surface area contributed by atoms with Gasteiger partial charge in [0.25, 0.3) is 0 Å². The normalized spacial score (nSPS) is 29.1. The minimum atomic E-state index is 0.743. The van der Waals surface area contributed by atoms with Gasteiger partial charge in [-0.15, -0.1) is 11.3 Å². The van der Waals surface area contributed by atoms with Crippen molar-refractivity contribution < 1.29 is 0 Å². The van der Waals surface area contributed by atoms with Crippen LogP contribution in [0.3, 0.4) is 0 Å². The van der Waals surface area contributed by atoms with Crippen molar-refractivity contribution >= 4 is 27.3 Å². The first-order chi connectivity index (χ1) is 6.25. The van der Waals surface area contributed by atoms with E-state index in [2.05, 4.69) is 27.8 Å². The van der Waals surface area contributed by atoms with Gasteiger partial charge in [-0.25, -0.2) is 4.98 Å². The van der Waals surface area contributed by atoms with Crippen molar-refractivity contribution in [3.8, 4) is 0 Å². The molecule has 1 aliphatic carbocycles. The van der Waals surface area contributed by atoms with Crippen molar-refractivity contribution in [3.05, 3.63) is 15.0 Å². The first-order valence-electron chi connectivity index (χ1n) is 4.87. The van der Waals surface area contributed by atoms with E-state index in [-0.39, 0.29) is 0 Å². The minimum absolute atomic E-state index is 0.743. The molecule has 13 heavy (non-hydrogen) atoms. The Kier molecular flexibility index (Phi) is 3.04. The molecule has 1 aromatic rings. The van der Waals surface area contributed by atoms with Gasteiger partial charge in [0.2, 0.25) is 0 Å². The maximum atomic E-state index is 4.44. The molecule has 1 aliphatic rings. The third kappa shape index (κ3) is 2.32. The molecule has 72 valence electrons. The van der Waals surface area contributed by atoms with E-state index in [1.165, 1.54) is 34.5 Å². The van der Waals surface area contributed by atoms with Crippen LogP contribution in [0.25, 0.3) is 0 Å². The van der Waals surface area contributed by atoms with Gasteiger partial charge >= 0.3 is 0 Å². The number of aromatic nitrogens is 1. The van der Waals surface area contributed by atoms with Crippen LogP contribution in [-0.4, -0.2) is 4.98 Å². The zero-order valence-corrected chi connectivity index (χ0v) is 10.2. The highest BCUT2D eigenvalue weighted by Gasteiger charge is 2.21. The summed E-state index contributed by atoms with van der Waals surface area (Å²) in [6.45, 7) is 2.36. The van der Waals surface area contributed by atoms with Gasteiger partial charge in [-0.3, -0.25) is 0 Å². The van der Waals surface area contributed by atoms with Crippen LogP contribution in [0.1, 0.15) is 43.5 Å². The molecule has 0 spiro atoms. The van der Waals surface area contributed by atoms with E-state index in [9.17, 15) is 0 Å². The van der Waals surface area contributed by atoms with Crippen molar-refractivity contribution in [2.45, 2.75) is 38.5 Å². The summed E-state index contributed by atoms with van der Waals surface area (Å²) < 4.78 is 1.17. The first kappa shape index (κ1) is 9.66. The van der Waals surface area contributed by atoms with Gasteiger partial charge in [0, 0.05) is 5.92 Å². The number of hydrogen-bond donors (Lipinski definition) is 0. The summed E-state index contributed by atoms with van der Waals surface area (Å²) in [5, 5.41) is 1.33. The van der Waals surface area contributed by atoms with Gasteiger partial charge in [0.05, 0.1) is 15.0 Å². The van der Waals surface area contributed by atoms with Crippen LogP contribution in [-0.2, 0) is 0 Å². The summed E-state index contributed by atoms with van der Waals surface area (Å²) in [5.74, 6) is 1.67. The summed E-state index contributed by atoms with van der Waals surface area (Å²) in [4.78, 5) is 4.44. The molecule has 3 heteroatoms. The van der Waals surface area contributed by atoms with Crippen LogP contribution in [0, 0.1) is 5.92 Å². The molecular weight excluding hydrogens is 246 g/mol. The molecule has 0 aromatic carbocycles. The quantitative estimate of drug-likeness (QED) is 0.737. The Morgan fingerprint density at radius 3 is 2.62 bits per heavy atom. The second-order valence-electron chi connectivity index (χ2n) is 3.96. The van der Waals surface area contributed by atoms with Crippen LogP contribution in [0.2, 0.25) is 0 Å². The third-order valence-corrected chi connectivity index (χ3v) is 4.50. The Hall–Kier alpha value is 0.110. The van der Waals surface area contributed by atoms with Crippen molar-refractivity contribution in [1.29, 1.82) is 0 Å². The summed E-state index contributed by atoms with van der Waals surface area (Å²) in [6.07, 6.45) is 7.35. The van der Waals surface area contributed by atoms with E-state index in [1.807, 2.05) is 6.20 Å². The van der Waals surface area contributed by atoms with E-state index >= 15 is 0 Å². The van der Waals surface area contributed by atoms with Gasteiger partial charge in [-0.05, 0) is 34.7 Å². The molecule has 1 heterocycles. The maximum absolute atomic E-state index is 4.44. The molecule has 0 bridgehead atoms. The highest BCUT2D eigenvalue weighted by Crippen LogP contribution is 2.37. The van der Waals surface area contributed by atoms with Crippen LogP contribution in [0.15, 0.2) is 9.98 Å². The molecule has 1 nitrogen and oxygen atoms in total. The SMILES string of the molecule is C[C@H]1CC[C@H](c2ncc(Br)s2)CC1.